The van der Waals surface area contributed by atoms with Gasteiger partial charge in [0.2, 0.25) is 0 Å². The molecule has 0 saturated carbocycles. The fourth-order valence-electron chi connectivity index (χ4n) is 1.23. The highest BCUT2D eigenvalue weighted by Gasteiger charge is 2.10. The van der Waals surface area contributed by atoms with Crippen LogP contribution in [0.2, 0.25) is 0 Å². The van der Waals surface area contributed by atoms with Gasteiger partial charge in [0, 0.05) is 5.69 Å². The first-order valence-corrected chi connectivity index (χ1v) is 4.69. The van der Waals surface area contributed by atoms with Gasteiger partial charge in [-0.25, -0.2) is 4.79 Å². The number of rotatable bonds is 4. The second kappa shape index (κ2) is 5.16. The predicted molar refractivity (Wildman–Crippen MR) is 58.6 cm³/mol. The van der Waals surface area contributed by atoms with E-state index < -0.39 is 11.9 Å². The second-order valence-corrected chi connectivity index (χ2v) is 3.28. The van der Waals surface area contributed by atoms with E-state index in [9.17, 15) is 9.59 Å². The lowest BCUT2D eigenvalue weighted by Gasteiger charge is -2.09. The van der Waals surface area contributed by atoms with Crippen molar-refractivity contribution in [3.05, 3.63) is 29.3 Å². The molecule has 0 saturated heterocycles. The van der Waals surface area contributed by atoms with E-state index in [0.717, 1.165) is 5.56 Å². The zero-order valence-electron chi connectivity index (χ0n) is 9.11. The summed E-state index contributed by atoms with van der Waals surface area (Å²) in [5.41, 5.74) is 1.40. The molecule has 0 aromatic heterocycles. The number of aryl methyl sites for hydroxylation is 1. The first-order chi connectivity index (χ1) is 7.54. The third-order valence-corrected chi connectivity index (χ3v) is 2.06. The highest BCUT2D eigenvalue weighted by atomic mass is 16.5. The van der Waals surface area contributed by atoms with E-state index in [1.165, 1.54) is 7.11 Å². The molecule has 86 valence electrons. The minimum absolute atomic E-state index is 0.0557. The Bertz CT molecular complexity index is 414. The van der Waals surface area contributed by atoms with Gasteiger partial charge in [-0.3, -0.25) is 4.79 Å². The summed E-state index contributed by atoms with van der Waals surface area (Å²) < 4.78 is 4.45. The molecule has 16 heavy (non-hydrogen) atoms. The number of carboxylic acid groups (broad SMARTS) is 1. The summed E-state index contributed by atoms with van der Waals surface area (Å²) in [6, 6.07) is 4.94. The Morgan fingerprint density at radius 3 is 2.69 bits per heavy atom. The lowest BCUT2D eigenvalue weighted by molar-refractivity contribution is -0.138. The first-order valence-electron chi connectivity index (χ1n) is 4.69. The molecule has 0 fully saturated rings. The van der Waals surface area contributed by atoms with E-state index in [1.54, 1.807) is 25.1 Å². The summed E-state index contributed by atoms with van der Waals surface area (Å²) in [5.74, 6) is -1.48. The maximum absolute atomic E-state index is 10.9. The van der Waals surface area contributed by atoms with Crippen molar-refractivity contribution >= 4 is 17.6 Å². The third kappa shape index (κ3) is 2.98. The highest BCUT2D eigenvalue weighted by molar-refractivity contribution is 5.95. The van der Waals surface area contributed by atoms with Crippen molar-refractivity contribution in [1.82, 2.24) is 0 Å². The van der Waals surface area contributed by atoms with Crippen LogP contribution in [0, 0.1) is 6.92 Å². The number of methoxy groups -OCH3 is 1. The van der Waals surface area contributed by atoms with E-state index in [1.807, 2.05) is 0 Å². The summed E-state index contributed by atoms with van der Waals surface area (Å²) in [5, 5.41) is 11.7. The minimum atomic E-state index is -1.03. The van der Waals surface area contributed by atoms with Crippen LogP contribution in [-0.4, -0.2) is 30.7 Å². The molecule has 1 aromatic rings. The van der Waals surface area contributed by atoms with Crippen LogP contribution in [0.15, 0.2) is 18.2 Å². The lowest BCUT2D eigenvalue weighted by atomic mass is 10.1. The molecule has 0 radical (unpaired) electrons. The average molecular weight is 223 g/mol. The van der Waals surface area contributed by atoms with E-state index in [0.29, 0.717) is 5.69 Å². The number of esters is 1. The number of carbonyl (C=O) groups is 2. The summed E-state index contributed by atoms with van der Waals surface area (Å²) in [6.45, 7) is 1.75. The number of ether oxygens (including phenoxy) is 1. The zero-order chi connectivity index (χ0) is 12.1. The normalized spacial score (nSPS) is 9.62. The number of hydrogen-bond donors (Lipinski definition) is 2. The molecule has 2 N–H and O–H groups in total. The van der Waals surface area contributed by atoms with Crippen LogP contribution < -0.4 is 5.32 Å². The van der Waals surface area contributed by atoms with Gasteiger partial charge in [0.05, 0.1) is 12.7 Å². The van der Waals surface area contributed by atoms with Gasteiger partial charge in [0.25, 0.3) is 0 Å². The van der Waals surface area contributed by atoms with Crippen molar-refractivity contribution in [2.45, 2.75) is 6.92 Å². The first kappa shape index (κ1) is 12.0. The quantitative estimate of drug-likeness (QED) is 0.752. The maximum Gasteiger partial charge on any atom is 0.337 e. The second-order valence-electron chi connectivity index (χ2n) is 3.28. The smallest absolute Gasteiger partial charge is 0.337 e. The topological polar surface area (TPSA) is 75.6 Å². The molecule has 5 heteroatoms. The summed E-state index contributed by atoms with van der Waals surface area (Å²) >= 11 is 0. The monoisotopic (exact) mass is 223 g/mol. The molecule has 0 atom stereocenters. The van der Waals surface area contributed by atoms with Gasteiger partial charge < -0.3 is 15.2 Å². The van der Waals surface area contributed by atoms with Crippen molar-refractivity contribution in [3.63, 3.8) is 0 Å². The Morgan fingerprint density at radius 2 is 2.12 bits per heavy atom. The number of carbonyl (C=O) groups excluding carboxylic acids is 1. The zero-order valence-corrected chi connectivity index (χ0v) is 9.11. The van der Waals surface area contributed by atoms with Crippen LogP contribution in [0.1, 0.15) is 15.9 Å². The lowest BCUT2D eigenvalue weighted by Crippen LogP contribution is -2.16. The number of nitrogens with one attached hydrogen (secondary N) is 1. The molecule has 1 aromatic carbocycles. The number of hydrogen-bond acceptors (Lipinski definition) is 4. The molecular weight excluding hydrogens is 210 g/mol. The number of benzene rings is 1. The molecule has 0 heterocycles. The van der Waals surface area contributed by atoms with Gasteiger partial charge in [-0.05, 0) is 19.1 Å². The van der Waals surface area contributed by atoms with Gasteiger partial charge in [0.15, 0.2) is 0 Å². The fourth-order valence-corrected chi connectivity index (χ4v) is 1.23. The number of anilines is 1. The molecule has 5 nitrogen and oxygen atoms in total. The van der Waals surface area contributed by atoms with E-state index >= 15 is 0 Å². The Kier molecular flexibility index (Phi) is 3.88. The number of carboxylic acids is 1. The minimum Gasteiger partial charge on any atom is -0.478 e. The molecule has 1 rings (SSSR count). The van der Waals surface area contributed by atoms with Gasteiger partial charge in [0.1, 0.15) is 6.54 Å². The van der Waals surface area contributed by atoms with Gasteiger partial charge in [-0.15, -0.1) is 0 Å². The summed E-state index contributed by atoms with van der Waals surface area (Å²) in [7, 11) is 1.28. The molecule has 0 bridgehead atoms. The van der Waals surface area contributed by atoms with Crippen molar-refractivity contribution in [3.8, 4) is 0 Å². The molecular formula is C11H13NO4. The molecule has 0 spiro atoms. The predicted octanol–water partition coefficient (Wildman–Crippen LogP) is 1.28. The Hall–Kier alpha value is -2.04. The molecule has 0 unspecified atom stereocenters. The fraction of sp³-hybridized carbons (Fsp3) is 0.273. The summed E-state index contributed by atoms with van der Waals surface area (Å²) in [6.07, 6.45) is 0. The van der Waals surface area contributed by atoms with Crippen LogP contribution in [0.3, 0.4) is 0 Å². The molecule has 0 aliphatic carbocycles. The van der Waals surface area contributed by atoms with Crippen LogP contribution in [0.4, 0.5) is 5.69 Å². The average Bonchev–Trinajstić information content (AvgIpc) is 2.26. The van der Waals surface area contributed by atoms with Crippen molar-refractivity contribution in [2.75, 3.05) is 19.0 Å². The van der Waals surface area contributed by atoms with Crippen LogP contribution in [0.5, 0.6) is 0 Å². The van der Waals surface area contributed by atoms with Crippen LogP contribution >= 0.6 is 0 Å². The van der Waals surface area contributed by atoms with E-state index in [4.69, 9.17) is 5.11 Å². The number of aromatic carboxylic acids is 1. The standard InChI is InChI=1S/C11H13NO4/c1-7-3-4-9(8(5-7)11(14)15)12-6-10(13)16-2/h3-5,12H,6H2,1-2H3,(H,14,15). The van der Waals surface area contributed by atoms with Crippen LogP contribution in [-0.2, 0) is 9.53 Å². The Labute approximate surface area is 93.0 Å². The highest BCUT2D eigenvalue weighted by Crippen LogP contribution is 2.17. The largest absolute Gasteiger partial charge is 0.478 e. The molecule has 0 aliphatic heterocycles. The van der Waals surface area contributed by atoms with Crippen molar-refractivity contribution in [1.29, 1.82) is 0 Å². The molecule has 0 aliphatic rings. The van der Waals surface area contributed by atoms with Gasteiger partial charge in [-0.2, -0.15) is 0 Å². The maximum atomic E-state index is 10.9. The van der Waals surface area contributed by atoms with E-state index in [2.05, 4.69) is 10.1 Å². The summed E-state index contributed by atoms with van der Waals surface area (Å²) in [4.78, 5) is 21.8. The van der Waals surface area contributed by atoms with E-state index in [-0.39, 0.29) is 12.1 Å². The van der Waals surface area contributed by atoms with Crippen LogP contribution in [0.25, 0.3) is 0 Å². The van der Waals surface area contributed by atoms with Crippen molar-refractivity contribution in [2.24, 2.45) is 0 Å². The SMILES string of the molecule is COC(=O)CNc1ccc(C)cc1C(=O)O. The van der Waals surface area contributed by atoms with Gasteiger partial charge >= 0.3 is 11.9 Å². The van der Waals surface area contributed by atoms with Crippen molar-refractivity contribution < 1.29 is 19.4 Å². The van der Waals surface area contributed by atoms with Gasteiger partial charge in [-0.1, -0.05) is 11.6 Å². The Morgan fingerprint density at radius 1 is 1.44 bits per heavy atom. The molecule has 0 amide bonds. The third-order valence-electron chi connectivity index (χ3n) is 2.06. The Balaban J connectivity index is 2.87.